The summed E-state index contributed by atoms with van der Waals surface area (Å²) in [6, 6.07) is 10.4. The third-order valence-corrected chi connectivity index (χ3v) is 5.51. The molecule has 0 fully saturated rings. The summed E-state index contributed by atoms with van der Waals surface area (Å²) in [4.78, 5) is 4.18. The predicted octanol–water partition coefficient (Wildman–Crippen LogP) is 4.43. The van der Waals surface area contributed by atoms with Crippen LogP contribution in [0.3, 0.4) is 0 Å². The molecule has 3 heterocycles. The summed E-state index contributed by atoms with van der Waals surface area (Å²) < 4.78 is 1.97. The molecule has 0 aliphatic carbocycles. The number of nitrogens with zero attached hydrogens (tertiary/aromatic N) is 5. The predicted molar refractivity (Wildman–Crippen MR) is 105 cm³/mol. The van der Waals surface area contributed by atoms with Crippen molar-refractivity contribution in [1.29, 1.82) is 0 Å². The minimum absolute atomic E-state index is 0.790. The maximum absolute atomic E-state index is 4.62. The number of aromatic nitrogens is 5. The summed E-state index contributed by atoms with van der Waals surface area (Å²) in [6.45, 7) is 6.20. The van der Waals surface area contributed by atoms with Crippen molar-refractivity contribution >= 4 is 22.7 Å². The van der Waals surface area contributed by atoms with Crippen LogP contribution in [-0.2, 0) is 5.75 Å². The van der Waals surface area contributed by atoms with Gasteiger partial charge in [0.1, 0.15) is 10.5 Å². The number of hydrogen-bond donors (Lipinski definition) is 0. The van der Waals surface area contributed by atoms with Crippen molar-refractivity contribution in [3.63, 3.8) is 0 Å². The van der Waals surface area contributed by atoms with E-state index in [4.69, 9.17) is 0 Å². The quantitative estimate of drug-likeness (QED) is 0.503. The van der Waals surface area contributed by atoms with Crippen LogP contribution >= 0.6 is 11.8 Å². The number of rotatable bonds is 4. The van der Waals surface area contributed by atoms with Crippen LogP contribution in [0.5, 0.6) is 0 Å². The maximum atomic E-state index is 4.62. The van der Waals surface area contributed by atoms with Gasteiger partial charge in [0.05, 0.1) is 17.6 Å². The Morgan fingerprint density at radius 1 is 1.00 bits per heavy atom. The number of hydrogen-bond acceptors (Lipinski definition) is 5. The Labute approximate surface area is 156 Å². The summed E-state index contributed by atoms with van der Waals surface area (Å²) in [6.07, 6.45) is 5.54. The van der Waals surface area contributed by atoms with Gasteiger partial charge in [0, 0.05) is 23.5 Å². The average molecular weight is 361 g/mol. The molecule has 0 unspecified atom stereocenters. The smallest absolute Gasteiger partial charge is 0.146 e. The molecule has 0 saturated heterocycles. The normalized spacial score (nSPS) is 11.2. The van der Waals surface area contributed by atoms with Crippen LogP contribution in [0.15, 0.2) is 53.9 Å². The minimum atomic E-state index is 0.790. The molecular formula is C20H19N5S. The van der Waals surface area contributed by atoms with Gasteiger partial charge in [-0.1, -0.05) is 23.9 Å². The molecule has 0 N–H and O–H groups in total. The number of fused-ring (bicyclic) bond motifs is 1. The third-order valence-electron chi connectivity index (χ3n) is 4.49. The molecule has 26 heavy (non-hydrogen) atoms. The molecule has 0 atom stereocenters. The topological polar surface area (TPSA) is 56.5 Å². The van der Waals surface area contributed by atoms with Crippen LogP contribution in [-0.4, -0.2) is 25.0 Å². The van der Waals surface area contributed by atoms with E-state index in [1.54, 1.807) is 18.0 Å². The Bertz CT molecular complexity index is 1070. The van der Waals surface area contributed by atoms with Gasteiger partial charge >= 0.3 is 0 Å². The van der Waals surface area contributed by atoms with Crippen molar-refractivity contribution in [3.8, 4) is 5.69 Å². The van der Waals surface area contributed by atoms with E-state index in [9.17, 15) is 0 Å². The molecule has 4 aromatic rings. The average Bonchev–Trinajstić information content (AvgIpc) is 3.11. The molecule has 1 aromatic carbocycles. The Balaban J connectivity index is 1.79. The second-order valence-electron chi connectivity index (χ2n) is 6.33. The molecule has 0 radical (unpaired) electrons. The van der Waals surface area contributed by atoms with E-state index >= 15 is 0 Å². The second-order valence-corrected chi connectivity index (χ2v) is 7.29. The molecule has 0 aliphatic rings. The van der Waals surface area contributed by atoms with Gasteiger partial charge in [0.2, 0.25) is 0 Å². The zero-order valence-corrected chi connectivity index (χ0v) is 15.8. The summed E-state index contributed by atoms with van der Waals surface area (Å²) in [5.74, 6) is 0.790. The van der Waals surface area contributed by atoms with Gasteiger partial charge in [0.15, 0.2) is 0 Å². The number of thioether (sulfide) groups is 1. The number of aryl methyl sites for hydroxylation is 3. The molecule has 0 amide bonds. The van der Waals surface area contributed by atoms with E-state index in [1.807, 2.05) is 30.1 Å². The van der Waals surface area contributed by atoms with Crippen LogP contribution in [0.2, 0.25) is 0 Å². The van der Waals surface area contributed by atoms with Gasteiger partial charge in [0.25, 0.3) is 0 Å². The molecule has 4 rings (SSSR count). The fourth-order valence-corrected chi connectivity index (χ4v) is 3.73. The van der Waals surface area contributed by atoms with Crippen LogP contribution in [0.4, 0.5) is 0 Å². The van der Waals surface area contributed by atoms with Gasteiger partial charge in [-0.3, -0.25) is 4.98 Å². The molecule has 0 aliphatic heterocycles. The molecule has 130 valence electrons. The Hall–Kier alpha value is -2.73. The minimum Gasteiger partial charge on any atom is -0.264 e. The van der Waals surface area contributed by atoms with Crippen molar-refractivity contribution in [2.45, 2.75) is 31.6 Å². The fraction of sp³-hybridized carbons (Fsp3) is 0.200. The largest absolute Gasteiger partial charge is 0.264 e. The molecule has 0 bridgehead atoms. The summed E-state index contributed by atoms with van der Waals surface area (Å²) in [7, 11) is 0. The second kappa shape index (κ2) is 6.88. The number of benzene rings is 1. The summed E-state index contributed by atoms with van der Waals surface area (Å²) in [5, 5.41) is 15.3. The van der Waals surface area contributed by atoms with Crippen molar-refractivity contribution in [3.05, 3.63) is 71.3 Å². The van der Waals surface area contributed by atoms with Crippen LogP contribution < -0.4 is 0 Å². The molecule has 5 nitrogen and oxygen atoms in total. The SMILES string of the molecule is Cc1ccc(-n2ncc3c(C)nnc(SCc4cccnc4)c32)cc1C. The maximum Gasteiger partial charge on any atom is 0.146 e. The van der Waals surface area contributed by atoms with E-state index in [0.29, 0.717) is 0 Å². The molecule has 6 heteroatoms. The standard InChI is InChI=1S/C20H19N5S/c1-13-6-7-17(9-14(13)2)25-19-18(11-22-25)15(3)23-24-20(19)26-12-16-5-4-8-21-10-16/h4-11H,12H2,1-3H3. The first-order valence-corrected chi connectivity index (χ1v) is 9.42. The van der Waals surface area contributed by atoms with Crippen LogP contribution in [0.25, 0.3) is 16.6 Å². The van der Waals surface area contributed by atoms with Crippen molar-refractivity contribution < 1.29 is 0 Å². The van der Waals surface area contributed by atoms with E-state index in [1.165, 1.54) is 11.1 Å². The van der Waals surface area contributed by atoms with E-state index in [-0.39, 0.29) is 0 Å². The Morgan fingerprint density at radius 3 is 2.65 bits per heavy atom. The highest BCUT2D eigenvalue weighted by molar-refractivity contribution is 7.98. The lowest BCUT2D eigenvalue weighted by molar-refractivity contribution is 0.866. The van der Waals surface area contributed by atoms with Gasteiger partial charge in [-0.2, -0.15) is 10.2 Å². The zero-order valence-electron chi connectivity index (χ0n) is 15.0. The lowest BCUT2D eigenvalue weighted by Gasteiger charge is -2.09. The molecular weight excluding hydrogens is 342 g/mol. The Kier molecular flexibility index (Phi) is 4.42. The first-order valence-electron chi connectivity index (χ1n) is 8.44. The van der Waals surface area contributed by atoms with Crippen LogP contribution in [0, 0.1) is 20.8 Å². The molecule has 3 aromatic heterocycles. The Morgan fingerprint density at radius 2 is 1.88 bits per heavy atom. The lowest BCUT2D eigenvalue weighted by atomic mass is 10.1. The zero-order chi connectivity index (χ0) is 18.1. The van der Waals surface area contributed by atoms with E-state index in [0.717, 1.165) is 38.6 Å². The monoisotopic (exact) mass is 361 g/mol. The van der Waals surface area contributed by atoms with Gasteiger partial charge in [-0.05, 0) is 55.7 Å². The first kappa shape index (κ1) is 16.7. The molecule has 0 saturated carbocycles. The lowest BCUT2D eigenvalue weighted by Crippen LogP contribution is -2.01. The van der Waals surface area contributed by atoms with Gasteiger partial charge < -0.3 is 0 Å². The first-order chi connectivity index (χ1) is 12.6. The van der Waals surface area contributed by atoms with Crippen LogP contribution in [0.1, 0.15) is 22.4 Å². The van der Waals surface area contributed by atoms with Crippen molar-refractivity contribution in [1.82, 2.24) is 25.0 Å². The third kappa shape index (κ3) is 3.08. The van der Waals surface area contributed by atoms with Gasteiger partial charge in [-0.15, -0.1) is 5.10 Å². The summed E-state index contributed by atoms with van der Waals surface area (Å²) in [5.41, 5.74) is 6.61. The van der Waals surface area contributed by atoms with E-state index < -0.39 is 0 Å². The highest BCUT2D eigenvalue weighted by atomic mass is 32.2. The fourth-order valence-electron chi connectivity index (χ4n) is 2.83. The summed E-state index contributed by atoms with van der Waals surface area (Å²) >= 11 is 1.66. The molecule has 0 spiro atoms. The van der Waals surface area contributed by atoms with E-state index in [2.05, 4.69) is 58.4 Å². The van der Waals surface area contributed by atoms with Gasteiger partial charge in [-0.25, -0.2) is 4.68 Å². The van der Waals surface area contributed by atoms with Crippen molar-refractivity contribution in [2.75, 3.05) is 0 Å². The highest BCUT2D eigenvalue weighted by Gasteiger charge is 2.15. The number of pyridine rings is 1. The highest BCUT2D eigenvalue weighted by Crippen LogP contribution is 2.31. The van der Waals surface area contributed by atoms with Crippen molar-refractivity contribution in [2.24, 2.45) is 0 Å².